The van der Waals surface area contributed by atoms with Crippen LogP contribution in [0.1, 0.15) is 39.2 Å². The van der Waals surface area contributed by atoms with Crippen molar-refractivity contribution in [2.45, 2.75) is 40.0 Å². The summed E-state index contributed by atoms with van der Waals surface area (Å²) in [5, 5.41) is 0. The first-order valence-corrected chi connectivity index (χ1v) is 7.24. The molecule has 2 nitrogen and oxygen atoms in total. The third-order valence-corrected chi connectivity index (χ3v) is 3.14. The summed E-state index contributed by atoms with van der Waals surface area (Å²) in [6, 6.07) is 8.40. The number of aryl methyl sites for hydroxylation is 1. The van der Waals surface area contributed by atoms with Crippen LogP contribution in [-0.2, 0) is 6.42 Å². The van der Waals surface area contributed by atoms with Crippen molar-refractivity contribution in [2.75, 3.05) is 26.2 Å². The molecule has 0 aromatic heterocycles. The van der Waals surface area contributed by atoms with Crippen molar-refractivity contribution in [1.82, 2.24) is 4.90 Å². The van der Waals surface area contributed by atoms with Crippen molar-refractivity contribution in [2.24, 2.45) is 0 Å². The molecule has 102 valence electrons. The molecule has 0 unspecified atom stereocenters. The number of hydrogen-bond acceptors (Lipinski definition) is 2. The van der Waals surface area contributed by atoms with Crippen LogP contribution < -0.4 is 4.74 Å². The Balaban J connectivity index is 2.42. The lowest BCUT2D eigenvalue weighted by molar-refractivity contribution is 0.215. The van der Waals surface area contributed by atoms with Gasteiger partial charge in [-0.3, -0.25) is 0 Å². The van der Waals surface area contributed by atoms with Crippen molar-refractivity contribution in [1.29, 1.82) is 0 Å². The molecule has 0 fully saturated rings. The van der Waals surface area contributed by atoms with E-state index in [0.29, 0.717) is 0 Å². The molecule has 0 saturated heterocycles. The predicted octanol–water partition coefficient (Wildman–Crippen LogP) is 3.75. The van der Waals surface area contributed by atoms with Gasteiger partial charge in [0.15, 0.2) is 0 Å². The van der Waals surface area contributed by atoms with Crippen LogP contribution in [0.25, 0.3) is 0 Å². The lowest BCUT2D eigenvalue weighted by atomic mass is 10.1. The van der Waals surface area contributed by atoms with Gasteiger partial charge in [0.25, 0.3) is 0 Å². The molecule has 0 aliphatic heterocycles. The summed E-state index contributed by atoms with van der Waals surface area (Å²) in [4.78, 5) is 2.43. The van der Waals surface area contributed by atoms with Crippen molar-refractivity contribution in [3.05, 3.63) is 29.8 Å². The minimum atomic E-state index is 0.786. The van der Waals surface area contributed by atoms with Crippen LogP contribution in [0.2, 0.25) is 0 Å². The molecule has 0 N–H and O–H groups in total. The average molecular weight is 249 g/mol. The molecule has 0 radical (unpaired) electrons. The van der Waals surface area contributed by atoms with E-state index < -0.39 is 0 Å². The molecule has 0 saturated carbocycles. The van der Waals surface area contributed by atoms with Gasteiger partial charge in [-0.1, -0.05) is 45.4 Å². The number of likely N-dealkylation sites (N-methyl/N-ethyl adjacent to an activating group) is 1. The van der Waals surface area contributed by atoms with E-state index in [1.165, 1.54) is 12.0 Å². The summed E-state index contributed by atoms with van der Waals surface area (Å²) in [6.07, 6.45) is 3.47. The fourth-order valence-electron chi connectivity index (χ4n) is 2.15. The third kappa shape index (κ3) is 5.09. The predicted molar refractivity (Wildman–Crippen MR) is 78.3 cm³/mol. The highest BCUT2D eigenvalue weighted by Gasteiger charge is 2.04. The minimum absolute atomic E-state index is 0.786. The fourth-order valence-corrected chi connectivity index (χ4v) is 2.15. The molecule has 2 heteroatoms. The Morgan fingerprint density at radius 3 is 2.44 bits per heavy atom. The molecule has 0 heterocycles. The zero-order valence-electron chi connectivity index (χ0n) is 12.1. The second-order valence-corrected chi connectivity index (χ2v) is 4.64. The Kier molecular flexibility index (Phi) is 7.51. The molecule has 0 spiro atoms. The first-order chi connectivity index (χ1) is 8.81. The van der Waals surface area contributed by atoms with Crippen LogP contribution in [0.15, 0.2) is 24.3 Å². The lowest BCUT2D eigenvalue weighted by Crippen LogP contribution is -2.29. The maximum absolute atomic E-state index is 5.93. The summed E-state index contributed by atoms with van der Waals surface area (Å²) in [6.45, 7) is 10.7. The molecule has 0 aliphatic rings. The van der Waals surface area contributed by atoms with Gasteiger partial charge in [0.05, 0.1) is 0 Å². The van der Waals surface area contributed by atoms with E-state index >= 15 is 0 Å². The first-order valence-electron chi connectivity index (χ1n) is 7.24. The molecular weight excluding hydrogens is 222 g/mol. The first kappa shape index (κ1) is 15.0. The van der Waals surface area contributed by atoms with Crippen molar-refractivity contribution >= 4 is 0 Å². The van der Waals surface area contributed by atoms with Gasteiger partial charge in [0.1, 0.15) is 12.4 Å². The highest BCUT2D eigenvalue weighted by molar-refractivity contribution is 5.33. The van der Waals surface area contributed by atoms with Gasteiger partial charge < -0.3 is 9.64 Å². The molecular formula is C16H27NO. The van der Waals surface area contributed by atoms with Crippen LogP contribution in [0, 0.1) is 0 Å². The van der Waals surface area contributed by atoms with E-state index in [0.717, 1.165) is 44.8 Å². The van der Waals surface area contributed by atoms with Crippen molar-refractivity contribution in [3.8, 4) is 5.75 Å². The summed E-state index contributed by atoms with van der Waals surface area (Å²) in [5.41, 5.74) is 1.33. The molecule has 0 atom stereocenters. The van der Waals surface area contributed by atoms with Gasteiger partial charge in [-0.15, -0.1) is 0 Å². The van der Waals surface area contributed by atoms with Gasteiger partial charge in [-0.05, 0) is 37.6 Å². The van der Waals surface area contributed by atoms with Gasteiger partial charge >= 0.3 is 0 Å². The molecule has 1 aromatic rings. The Labute approximate surface area is 112 Å². The molecule has 1 rings (SSSR count). The van der Waals surface area contributed by atoms with E-state index in [-0.39, 0.29) is 0 Å². The van der Waals surface area contributed by atoms with Crippen molar-refractivity contribution < 1.29 is 4.74 Å². The van der Waals surface area contributed by atoms with E-state index in [2.05, 4.69) is 49.9 Å². The number of nitrogens with zero attached hydrogens (tertiary/aromatic N) is 1. The molecule has 1 aromatic carbocycles. The van der Waals surface area contributed by atoms with E-state index in [4.69, 9.17) is 4.74 Å². The number of para-hydroxylation sites is 1. The lowest BCUT2D eigenvalue weighted by Gasteiger charge is -2.20. The van der Waals surface area contributed by atoms with Crippen molar-refractivity contribution in [3.63, 3.8) is 0 Å². The van der Waals surface area contributed by atoms with Crippen LogP contribution in [0.5, 0.6) is 5.75 Å². The Bertz CT molecular complexity index is 325. The molecule has 0 amide bonds. The van der Waals surface area contributed by atoms with Gasteiger partial charge in [-0.2, -0.15) is 0 Å². The summed E-state index contributed by atoms with van der Waals surface area (Å²) in [7, 11) is 0. The molecule has 0 aliphatic carbocycles. The van der Waals surface area contributed by atoms with E-state index in [1.54, 1.807) is 0 Å². The van der Waals surface area contributed by atoms with Gasteiger partial charge in [0.2, 0.25) is 0 Å². The maximum Gasteiger partial charge on any atom is 0.122 e. The minimum Gasteiger partial charge on any atom is -0.492 e. The molecule has 0 bridgehead atoms. The highest BCUT2D eigenvalue weighted by Crippen LogP contribution is 2.19. The number of rotatable bonds is 9. The fraction of sp³-hybridized carbons (Fsp3) is 0.625. The zero-order valence-corrected chi connectivity index (χ0v) is 12.1. The Hall–Kier alpha value is -1.02. The van der Waals surface area contributed by atoms with Crippen LogP contribution in [0.3, 0.4) is 0 Å². The number of ether oxygens (including phenoxy) is 1. The largest absolute Gasteiger partial charge is 0.492 e. The number of benzene rings is 1. The van der Waals surface area contributed by atoms with E-state index in [1.807, 2.05) is 0 Å². The average Bonchev–Trinajstić information content (AvgIpc) is 2.40. The van der Waals surface area contributed by atoms with Crippen LogP contribution >= 0.6 is 0 Å². The maximum atomic E-state index is 5.93. The monoisotopic (exact) mass is 249 g/mol. The van der Waals surface area contributed by atoms with Gasteiger partial charge in [-0.25, -0.2) is 0 Å². The smallest absolute Gasteiger partial charge is 0.122 e. The zero-order chi connectivity index (χ0) is 13.2. The van der Waals surface area contributed by atoms with Crippen LogP contribution in [-0.4, -0.2) is 31.1 Å². The summed E-state index contributed by atoms with van der Waals surface area (Å²) < 4.78 is 5.93. The molecule has 18 heavy (non-hydrogen) atoms. The second kappa shape index (κ2) is 8.98. The quantitative estimate of drug-likeness (QED) is 0.661. The Morgan fingerprint density at radius 2 is 1.78 bits per heavy atom. The SMILES string of the molecule is CCCc1ccccc1OCCN(CC)CCC. The number of hydrogen-bond donors (Lipinski definition) is 0. The normalized spacial score (nSPS) is 10.9. The van der Waals surface area contributed by atoms with Crippen LogP contribution in [0.4, 0.5) is 0 Å². The highest BCUT2D eigenvalue weighted by atomic mass is 16.5. The standard InChI is InChI=1S/C16H27NO/c1-4-9-15-10-7-8-11-16(15)18-14-13-17(6-3)12-5-2/h7-8,10-11H,4-6,9,12-14H2,1-3H3. The summed E-state index contributed by atoms with van der Waals surface area (Å²) >= 11 is 0. The summed E-state index contributed by atoms with van der Waals surface area (Å²) in [5.74, 6) is 1.06. The van der Waals surface area contributed by atoms with E-state index in [9.17, 15) is 0 Å². The topological polar surface area (TPSA) is 12.5 Å². The second-order valence-electron chi connectivity index (χ2n) is 4.64. The van der Waals surface area contributed by atoms with Gasteiger partial charge in [0, 0.05) is 6.54 Å². The Morgan fingerprint density at radius 1 is 1.00 bits per heavy atom. The third-order valence-electron chi connectivity index (χ3n) is 3.14.